The van der Waals surface area contributed by atoms with Crippen LogP contribution in [0.2, 0.25) is 0 Å². The van der Waals surface area contributed by atoms with Crippen molar-refractivity contribution in [3.63, 3.8) is 0 Å². The van der Waals surface area contributed by atoms with Crippen molar-refractivity contribution >= 4 is 25.3 Å². The molecule has 0 rings (SSSR count). The van der Waals surface area contributed by atoms with Crippen molar-refractivity contribution in [3.8, 4) is 0 Å². The predicted octanol–water partition coefficient (Wildman–Crippen LogP) is -0.218. The van der Waals surface area contributed by atoms with E-state index in [4.69, 9.17) is 27.9 Å². The molecule has 0 aromatic rings. The molecule has 0 amide bonds. The van der Waals surface area contributed by atoms with Crippen molar-refractivity contribution in [2.75, 3.05) is 11.9 Å². The Morgan fingerprint density at radius 3 is 0.632 bits per heavy atom. The van der Waals surface area contributed by atoms with E-state index in [0.717, 1.165) is 0 Å². The van der Waals surface area contributed by atoms with Crippen molar-refractivity contribution in [3.05, 3.63) is 39.9 Å². The number of ether oxygens (including phenoxy) is 1. The Morgan fingerprint density at radius 2 is 0.632 bits per heavy atom. The molecule has 7 nitrogen and oxygen atoms in total. The average molecular weight is 388 g/mol. The van der Waals surface area contributed by atoms with Gasteiger partial charge in [-0.05, 0) is 0 Å². The molecule has 0 saturated heterocycles. The Bertz CT molecular complexity index is 140. The van der Waals surface area contributed by atoms with E-state index < -0.39 is 0 Å². The fourth-order valence-electron chi connectivity index (χ4n) is 0.0340. The van der Waals surface area contributed by atoms with Crippen LogP contribution in [-0.4, -0.2) is 11.9 Å². The van der Waals surface area contributed by atoms with E-state index in [1.807, 2.05) is 0 Å². The Morgan fingerprint density at radius 1 is 0.526 bits per heavy atom. The van der Waals surface area contributed by atoms with Crippen LogP contribution in [0.25, 0.3) is 0 Å². The molecule has 0 saturated carbocycles. The summed E-state index contributed by atoms with van der Waals surface area (Å²) in [4.78, 5) is 0. The van der Waals surface area contributed by atoms with E-state index >= 15 is 0 Å². The summed E-state index contributed by atoms with van der Waals surface area (Å²) >= 11 is 8.72. The van der Waals surface area contributed by atoms with E-state index in [-0.39, 0.29) is 34.1 Å². The molecule has 0 aliphatic rings. The van der Waals surface area contributed by atoms with Gasteiger partial charge in [0.05, 0.1) is 0 Å². The number of hydrogen-bond donors (Lipinski definition) is 0. The second-order valence-corrected chi connectivity index (χ2v) is 0.911. The fraction of sp³-hybridized carbons (Fsp3) is 0.250. The molecule has 0 heterocycles. The first-order valence-corrected chi connectivity index (χ1v) is 3.53. The van der Waals surface area contributed by atoms with Crippen LogP contribution in [0.3, 0.4) is 0 Å². The minimum absolute atomic E-state index is 0. The van der Waals surface area contributed by atoms with Crippen LogP contribution in [0, 0.1) is 39.9 Å². The van der Waals surface area contributed by atoms with Crippen LogP contribution >= 0.6 is 0 Å². The molecule has 0 aromatic heterocycles. The first kappa shape index (κ1) is 61.3. The van der Waals surface area contributed by atoms with Crippen molar-refractivity contribution < 1.29 is 66.8 Å². The maximum absolute atomic E-state index is 7.50. The first-order chi connectivity index (χ1) is 8.41. The van der Waals surface area contributed by atoms with Crippen molar-refractivity contribution in [1.29, 1.82) is 0 Å². The van der Waals surface area contributed by atoms with Crippen molar-refractivity contribution in [2.24, 2.45) is 0 Å². The van der Waals surface area contributed by atoms with Crippen LogP contribution in [0.5, 0.6) is 0 Å². The van der Waals surface area contributed by atoms with Crippen molar-refractivity contribution in [2.45, 2.75) is 0 Å². The molecular formula is C8H4Fe2O7S2-2. The van der Waals surface area contributed by atoms with E-state index in [0.29, 0.717) is 11.9 Å². The average Bonchev–Trinajstić information content (AvgIpc) is 2.52. The zero-order chi connectivity index (χ0) is 16.1. The molecule has 11 heteroatoms. The summed E-state index contributed by atoms with van der Waals surface area (Å²) in [7, 11) is 0. The van der Waals surface area contributed by atoms with Crippen LogP contribution in [-0.2, 0) is 92.0 Å². The molecule has 0 aliphatic carbocycles. The minimum atomic E-state index is 0. The number of rotatable bonds is 2. The van der Waals surface area contributed by atoms with E-state index in [1.54, 1.807) is 0 Å². The summed E-state index contributed by atoms with van der Waals surface area (Å²) < 4.78 is 49.5. The van der Waals surface area contributed by atoms with E-state index in [9.17, 15) is 0 Å². The third-order valence-electron chi connectivity index (χ3n) is 0.167. The Labute approximate surface area is 143 Å². The molecule has 0 unspecified atom stereocenters. The van der Waals surface area contributed by atoms with Gasteiger partial charge < -0.3 is 30.0 Å². The molecule has 0 spiro atoms. The normalized spacial score (nSPS) is 2.84. The van der Waals surface area contributed by atoms with Gasteiger partial charge in [0, 0.05) is 34.1 Å². The smallest absolute Gasteiger partial charge is 0 e. The van der Waals surface area contributed by atoms with Gasteiger partial charge >= 0.3 is 67.8 Å². The van der Waals surface area contributed by atoms with Gasteiger partial charge in [0.25, 0.3) is 0 Å². The monoisotopic (exact) mass is 388 g/mol. The Kier molecular flexibility index (Phi) is 1740. The fourth-order valence-corrected chi connectivity index (χ4v) is 0.306. The summed E-state index contributed by atoms with van der Waals surface area (Å²) in [5.41, 5.74) is 0. The summed E-state index contributed by atoms with van der Waals surface area (Å²) in [5, 5.41) is 0. The van der Waals surface area contributed by atoms with E-state index in [1.165, 1.54) is 0 Å². The zero-order valence-electron chi connectivity index (χ0n) is 8.80. The maximum atomic E-state index is 7.50. The summed E-state index contributed by atoms with van der Waals surface area (Å²) in [6.45, 7) is 27.0. The van der Waals surface area contributed by atoms with Gasteiger partial charge in [-0.1, -0.05) is 11.9 Å². The van der Waals surface area contributed by atoms with Crippen molar-refractivity contribution in [1.82, 2.24) is 0 Å². The minimum Gasteiger partial charge on any atom is -0.765 e. The molecule has 108 valence electrons. The number of hydrogen-bond acceptors (Lipinski definition) is 3. The second kappa shape index (κ2) is 541. The van der Waals surface area contributed by atoms with Gasteiger partial charge in [-0.25, -0.2) is 0 Å². The van der Waals surface area contributed by atoms with Gasteiger partial charge in [-0.15, -0.1) is 0 Å². The molecule has 0 bridgehead atoms. The van der Waals surface area contributed by atoms with Crippen LogP contribution in [0.15, 0.2) is 0 Å². The summed E-state index contributed by atoms with van der Waals surface area (Å²) in [6.07, 6.45) is 0. The van der Waals surface area contributed by atoms with Crippen LogP contribution < -0.4 is 0 Å². The standard InChI is InChI=1S/C2H6OS2.6CO.2Fe/c4-1-3-2-5;6*1-2;;/h4-5H,1-2H2;;;;;;;;/p-2. The largest absolute Gasteiger partial charge is 0.765 e. The molecule has 0 fully saturated rings. The molecule has 0 aromatic carbocycles. The van der Waals surface area contributed by atoms with Gasteiger partial charge in [-0.3, -0.25) is 0 Å². The predicted molar refractivity (Wildman–Crippen MR) is 49.1 cm³/mol. The van der Waals surface area contributed by atoms with Crippen LogP contribution in [0.4, 0.5) is 0 Å². The van der Waals surface area contributed by atoms with E-state index in [2.05, 4.69) is 69.9 Å². The molecule has 0 atom stereocenters. The zero-order valence-corrected chi connectivity index (χ0v) is 12.6. The Balaban J connectivity index is -0.00000000912. The summed E-state index contributed by atoms with van der Waals surface area (Å²) in [6, 6.07) is 0. The molecule has 19 heavy (non-hydrogen) atoms. The van der Waals surface area contributed by atoms with Gasteiger partial charge in [-0.2, -0.15) is 0 Å². The van der Waals surface area contributed by atoms with Crippen LogP contribution in [0.1, 0.15) is 0 Å². The first-order valence-electron chi connectivity index (χ1n) is 2.38. The second-order valence-electron chi connectivity index (χ2n) is 0.440. The maximum Gasteiger partial charge on any atom is 0 e. The topological polar surface area (TPSA) is 129 Å². The van der Waals surface area contributed by atoms with Gasteiger partial charge in [0.2, 0.25) is 0 Å². The molecule has 0 aliphatic heterocycles. The van der Waals surface area contributed by atoms with Gasteiger partial charge in [0.1, 0.15) is 0 Å². The quantitative estimate of drug-likeness (QED) is 0.281. The third-order valence-corrected chi connectivity index (χ3v) is 0.500. The summed E-state index contributed by atoms with van der Waals surface area (Å²) in [5.74, 6) is 0.646. The van der Waals surface area contributed by atoms with Gasteiger partial charge in [0.15, 0.2) is 0 Å². The third kappa shape index (κ3) is 1030. The SMILES string of the molecule is [C-]#[O+].[C-]#[O+].[C-]#[O+].[C-]#[O+].[C-]#[O+].[C-]#[O+].[Fe].[Fe].[S-]COC[S-]. The molecule has 0 N–H and O–H groups in total. The molecular weight excluding hydrogens is 384 g/mol. The Hall–Kier alpha value is 0.139. The molecule has 0 radical (unpaired) electrons.